The van der Waals surface area contributed by atoms with Crippen molar-refractivity contribution in [2.75, 3.05) is 13.2 Å². The fourth-order valence-corrected chi connectivity index (χ4v) is 2.81. The second-order valence-corrected chi connectivity index (χ2v) is 6.28. The van der Waals surface area contributed by atoms with Crippen molar-refractivity contribution in [2.24, 2.45) is 5.73 Å². The van der Waals surface area contributed by atoms with Crippen LogP contribution < -0.4 is 10.5 Å². The lowest BCUT2D eigenvalue weighted by molar-refractivity contribution is 0.0256. The van der Waals surface area contributed by atoms with Crippen LogP contribution in [0.3, 0.4) is 0 Å². The Morgan fingerprint density at radius 1 is 1.08 bits per heavy atom. The third-order valence-electron chi connectivity index (χ3n) is 4.12. The van der Waals surface area contributed by atoms with E-state index in [0.717, 1.165) is 37.4 Å². The largest absolute Gasteiger partial charge is 0.490 e. The Kier molecular flexibility index (Phi) is 7.26. The normalized spacial score (nSPS) is 15.9. The summed E-state index contributed by atoms with van der Waals surface area (Å²) in [5.74, 6) is 0.633. The molecule has 2 aromatic carbocycles. The Balaban J connectivity index is 0.00000225. The Morgan fingerprint density at radius 2 is 1.68 bits per heavy atom. The topological polar surface area (TPSA) is 61.6 Å². The van der Waals surface area contributed by atoms with Crippen molar-refractivity contribution in [1.82, 2.24) is 0 Å². The van der Waals surface area contributed by atoms with E-state index in [9.17, 15) is 4.79 Å². The molecule has 1 aliphatic rings. The average molecular weight is 382 g/mol. The molecule has 0 saturated carbocycles. The first-order valence-electron chi connectivity index (χ1n) is 8.03. The van der Waals surface area contributed by atoms with Crippen LogP contribution in [0.4, 0.5) is 0 Å². The summed E-state index contributed by atoms with van der Waals surface area (Å²) in [5, 5.41) is 0.619. The highest BCUT2D eigenvalue weighted by Gasteiger charge is 2.19. The summed E-state index contributed by atoms with van der Waals surface area (Å²) in [5.41, 5.74) is 7.38. The van der Waals surface area contributed by atoms with Gasteiger partial charge < -0.3 is 15.2 Å². The van der Waals surface area contributed by atoms with E-state index in [1.54, 1.807) is 36.4 Å². The number of nitrogens with two attached hydrogens (primary N) is 1. The number of hydrogen-bond acceptors (Lipinski definition) is 4. The van der Waals surface area contributed by atoms with E-state index < -0.39 is 6.04 Å². The van der Waals surface area contributed by atoms with Crippen molar-refractivity contribution in [1.29, 1.82) is 0 Å². The van der Waals surface area contributed by atoms with E-state index in [1.165, 1.54) is 0 Å². The summed E-state index contributed by atoms with van der Waals surface area (Å²) >= 11 is 5.86. The first kappa shape index (κ1) is 19.7. The molecule has 4 nitrogen and oxygen atoms in total. The Morgan fingerprint density at radius 3 is 2.28 bits per heavy atom. The molecule has 1 saturated heterocycles. The fraction of sp³-hybridized carbons (Fsp3) is 0.316. The first-order valence-corrected chi connectivity index (χ1v) is 8.41. The zero-order chi connectivity index (χ0) is 16.9. The highest BCUT2D eigenvalue weighted by molar-refractivity contribution is 6.30. The Hall–Kier alpha value is -1.59. The molecule has 2 aromatic rings. The summed E-state index contributed by atoms with van der Waals surface area (Å²) in [7, 11) is 0. The predicted octanol–water partition coefficient (Wildman–Crippen LogP) is 4.20. The maximum atomic E-state index is 12.5. The van der Waals surface area contributed by atoms with E-state index in [4.69, 9.17) is 26.8 Å². The number of hydrogen-bond donors (Lipinski definition) is 1. The Bertz CT molecular complexity index is 683. The second kappa shape index (κ2) is 9.20. The van der Waals surface area contributed by atoms with Gasteiger partial charge in [-0.3, -0.25) is 4.79 Å². The van der Waals surface area contributed by atoms with Crippen molar-refractivity contribution in [3.8, 4) is 5.75 Å². The zero-order valence-electron chi connectivity index (χ0n) is 13.7. The van der Waals surface area contributed by atoms with Crippen LogP contribution in [0.25, 0.3) is 0 Å². The van der Waals surface area contributed by atoms with Crippen molar-refractivity contribution < 1.29 is 14.3 Å². The molecule has 0 radical (unpaired) electrons. The number of carbonyl (C=O) groups is 1. The minimum atomic E-state index is -0.704. The number of ether oxygens (including phenoxy) is 2. The SMILES string of the molecule is Cl.NC(C(=O)c1ccc(OC2CCOCC2)cc1)c1ccc(Cl)cc1. The number of ketones is 1. The average Bonchev–Trinajstić information content (AvgIpc) is 2.63. The summed E-state index contributed by atoms with van der Waals surface area (Å²) in [6.07, 6.45) is 1.96. The summed E-state index contributed by atoms with van der Waals surface area (Å²) < 4.78 is 11.2. The number of halogens is 2. The third kappa shape index (κ3) is 5.19. The Labute approximate surface area is 158 Å². The van der Waals surface area contributed by atoms with Gasteiger partial charge in [-0.05, 0) is 42.0 Å². The number of carbonyl (C=O) groups excluding carboxylic acids is 1. The van der Waals surface area contributed by atoms with Crippen molar-refractivity contribution in [2.45, 2.75) is 25.0 Å². The molecule has 0 aliphatic carbocycles. The van der Waals surface area contributed by atoms with Gasteiger partial charge in [0.2, 0.25) is 0 Å². The highest BCUT2D eigenvalue weighted by atomic mass is 35.5. The first-order chi connectivity index (χ1) is 11.6. The van der Waals surface area contributed by atoms with Gasteiger partial charge in [0.05, 0.1) is 19.3 Å². The van der Waals surface area contributed by atoms with Crippen molar-refractivity contribution in [3.05, 3.63) is 64.7 Å². The number of benzene rings is 2. The molecule has 0 aromatic heterocycles. The van der Waals surface area contributed by atoms with Gasteiger partial charge in [-0.25, -0.2) is 0 Å². The molecule has 1 heterocycles. The quantitative estimate of drug-likeness (QED) is 0.788. The molecule has 6 heteroatoms. The van der Waals surface area contributed by atoms with Crippen LogP contribution in [-0.2, 0) is 4.74 Å². The third-order valence-corrected chi connectivity index (χ3v) is 4.37. The van der Waals surface area contributed by atoms with Gasteiger partial charge in [0.1, 0.15) is 11.9 Å². The van der Waals surface area contributed by atoms with E-state index >= 15 is 0 Å². The molecule has 1 atom stereocenters. The molecule has 1 aliphatic heterocycles. The van der Waals surface area contributed by atoms with Gasteiger partial charge in [-0.1, -0.05) is 23.7 Å². The molecule has 25 heavy (non-hydrogen) atoms. The monoisotopic (exact) mass is 381 g/mol. The van der Waals surface area contributed by atoms with Crippen LogP contribution in [0.5, 0.6) is 5.75 Å². The van der Waals surface area contributed by atoms with Crippen LogP contribution in [0.2, 0.25) is 5.02 Å². The second-order valence-electron chi connectivity index (χ2n) is 5.85. The van der Waals surface area contributed by atoms with E-state index in [0.29, 0.717) is 10.6 Å². The number of Topliss-reactive ketones (excluding diaryl/α,β-unsaturated/α-hetero) is 1. The molecule has 0 bridgehead atoms. The molecule has 0 spiro atoms. The minimum absolute atomic E-state index is 0. The van der Waals surface area contributed by atoms with E-state index in [-0.39, 0.29) is 24.3 Å². The van der Waals surface area contributed by atoms with Crippen LogP contribution >= 0.6 is 24.0 Å². The van der Waals surface area contributed by atoms with Crippen LogP contribution in [0.1, 0.15) is 34.8 Å². The van der Waals surface area contributed by atoms with Gasteiger partial charge in [0.15, 0.2) is 5.78 Å². The fourth-order valence-electron chi connectivity index (χ4n) is 2.69. The summed E-state index contributed by atoms with van der Waals surface area (Å²) in [4.78, 5) is 12.5. The van der Waals surface area contributed by atoms with Crippen molar-refractivity contribution >= 4 is 29.8 Å². The van der Waals surface area contributed by atoms with Crippen LogP contribution in [-0.4, -0.2) is 25.1 Å². The van der Waals surface area contributed by atoms with Gasteiger partial charge in [0, 0.05) is 23.4 Å². The van der Waals surface area contributed by atoms with Crippen LogP contribution in [0.15, 0.2) is 48.5 Å². The highest BCUT2D eigenvalue weighted by Crippen LogP contribution is 2.22. The minimum Gasteiger partial charge on any atom is -0.490 e. The van der Waals surface area contributed by atoms with Crippen molar-refractivity contribution in [3.63, 3.8) is 0 Å². The van der Waals surface area contributed by atoms with Gasteiger partial charge in [-0.2, -0.15) is 0 Å². The predicted molar refractivity (Wildman–Crippen MR) is 101 cm³/mol. The number of rotatable bonds is 5. The molecule has 1 unspecified atom stereocenters. The lowest BCUT2D eigenvalue weighted by Gasteiger charge is -2.23. The molecule has 134 valence electrons. The molecule has 1 fully saturated rings. The van der Waals surface area contributed by atoms with Gasteiger partial charge >= 0.3 is 0 Å². The summed E-state index contributed by atoms with van der Waals surface area (Å²) in [6.45, 7) is 1.47. The molecule has 2 N–H and O–H groups in total. The lowest BCUT2D eigenvalue weighted by atomic mass is 9.98. The molecular formula is C19H21Cl2NO3. The smallest absolute Gasteiger partial charge is 0.184 e. The molecule has 0 amide bonds. The maximum absolute atomic E-state index is 12.5. The van der Waals surface area contributed by atoms with Gasteiger partial charge in [-0.15, -0.1) is 12.4 Å². The van der Waals surface area contributed by atoms with E-state index in [1.807, 2.05) is 12.1 Å². The van der Waals surface area contributed by atoms with Crippen LogP contribution in [0, 0.1) is 0 Å². The maximum Gasteiger partial charge on any atom is 0.184 e. The zero-order valence-corrected chi connectivity index (χ0v) is 15.3. The van der Waals surface area contributed by atoms with Gasteiger partial charge in [0.25, 0.3) is 0 Å². The molecular weight excluding hydrogens is 361 g/mol. The van der Waals surface area contributed by atoms with E-state index in [2.05, 4.69) is 0 Å². The lowest BCUT2D eigenvalue weighted by Crippen LogP contribution is -2.26. The molecule has 3 rings (SSSR count). The summed E-state index contributed by atoms with van der Waals surface area (Å²) in [6, 6.07) is 13.4. The standard InChI is InChI=1S/C19H20ClNO3.ClH/c20-15-5-1-13(2-6-15)18(21)19(22)14-3-7-16(8-4-14)24-17-9-11-23-12-10-17;/h1-8,17-18H,9-12,21H2;1H.